The van der Waals surface area contributed by atoms with Gasteiger partial charge in [0.2, 0.25) is 10.0 Å². The Hall–Kier alpha value is -1.84. The minimum Gasteiger partial charge on any atom is -0.375 e. The van der Waals surface area contributed by atoms with Crippen molar-refractivity contribution in [2.24, 2.45) is 0 Å². The van der Waals surface area contributed by atoms with E-state index in [0.717, 1.165) is 11.3 Å². The molecule has 8 nitrogen and oxygen atoms in total. The largest absolute Gasteiger partial charge is 0.375 e. The van der Waals surface area contributed by atoms with E-state index in [1.165, 1.54) is 10.6 Å². The summed E-state index contributed by atoms with van der Waals surface area (Å²) < 4.78 is 33.3. The molecule has 3 rings (SSSR count). The van der Waals surface area contributed by atoms with Gasteiger partial charge in [-0.05, 0) is 18.6 Å². The minimum atomic E-state index is -3.35. The van der Waals surface area contributed by atoms with Crippen molar-refractivity contribution in [2.75, 3.05) is 19.4 Å². The zero-order valence-corrected chi connectivity index (χ0v) is 14.6. The summed E-state index contributed by atoms with van der Waals surface area (Å²) in [6.07, 6.45) is 5.26. The first-order chi connectivity index (χ1) is 11.5. The lowest BCUT2D eigenvalue weighted by Gasteiger charge is -2.32. The van der Waals surface area contributed by atoms with E-state index in [9.17, 15) is 8.42 Å². The van der Waals surface area contributed by atoms with E-state index >= 15 is 0 Å². The van der Waals surface area contributed by atoms with Crippen LogP contribution in [0.15, 0.2) is 24.5 Å². The van der Waals surface area contributed by atoms with Gasteiger partial charge < -0.3 is 4.74 Å². The van der Waals surface area contributed by atoms with Crippen LogP contribution in [0.1, 0.15) is 29.9 Å². The Bertz CT molecular complexity index is 791. The Labute approximate surface area is 141 Å². The summed E-state index contributed by atoms with van der Waals surface area (Å²) in [4.78, 5) is 4.04. The minimum absolute atomic E-state index is 0.234. The van der Waals surface area contributed by atoms with Crippen LogP contribution in [-0.2, 0) is 34.3 Å². The standard InChI is InChI=1S/C15H21N5O3S/c1-3-19-13-6-8-20(24(2,21)22)14(15(13)17-18-19)11-23-10-12-5-4-7-16-9-12/h4-5,7,9,14H,3,6,8,10-11H2,1-2H3/t14-/m1/s1. The van der Waals surface area contributed by atoms with Gasteiger partial charge in [-0.3, -0.25) is 4.98 Å². The van der Waals surface area contributed by atoms with Crippen molar-refractivity contribution >= 4 is 10.0 Å². The second-order valence-corrected chi connectivity index (χ2v) is 7.69. The van der Waals surface area contributed by atoms with Crippen LogP contribution < -0.4 is 0 Å². The SMILES string of the molecule is CCn1nnc2c1CCN(S(C)(=O)=O)[C@@H]2COCc1cccnc1. The molecule has 0 amide bonds. The third kappa shape index (κ3) is 3.47. The first kappa shape index (κ1) is 17.0. The van der Waals surface area contributed by atoms with E-state index in [4.69, 9.17) is 4.74 Å². The van der Waals surface area contributed by atoms with Crippen molar-refractivity contribution in [1.29, 1.82) is 0 Å². The van der Waals surface area contributed by atoms with E-state index in [-0.39, 0.29) is 6.61 Å². The fraction of sp³-hybridized carbons (Fsp3) is 0.533. The highest BCUT2D eigenvalue weighted by molar-refractivity contribution is 7.88. The molecular weight excluding hydrogens is 330 g/mol. The molecule has 1 aliphatic heterocycles. The van der Waals surface area contributed by atoms with Crippen molar-refractivity contribution in [2.45, 2.75) is 32.5 Å². The molecule has 0 N–H and O–H groups in total. The van der Waals surface area contributed by atoms with Gasteiger partial charge in [0.1, 0.15) is 5.69 Å². The van der Waals surface area contributed by atoms with Gasteiger partial charge in [-0.1, -0.05) is 11.3 Å². The lowest BCUT2D eigenvalue weighted by molar-refractivity contribution is 0.0721. The molecule has 0 unspecified atom stereocenters. The molecule has 0 aliphatic carbocycles. The third-order valence-corrected chi connectivity index (χ3v) is 5.38. The Morgan fingerprint density at radius 3 is 2.92 bits per heavy atom. The lowest BCUT2D eigenvalue weighted by atomic mass is 10.1. The van der Waals surface area contributed by atoms with Gasteiger partial charge in [0.05, 0.1) is 31.2 Å². The molecule has 9 heteroatoms. The zero-order chi connectivity index (χ0) is 17.2. The zero-order valence-electron chi connectivity index (χ0n) is 13.8. The predicted octanol–water partition coefficient (Wildman–Crippen LogP) is 0.769. The summed E-state index contributed by atoms with van der Waals surface area (Å²) in [7, 11) is -3.35. The van der Waals surface area contributed by atoms with Gasteiger partial charge in [-0.25, -0.2) is 13.1 Å². The molecule has 0 fully saturated rings. The number of aryl methyl sites for hydroxylation is 1. The molecule has 0 spiro atoms. The van der Waals surface area contributed by atoms with Gasteiger partial charge in [0, 0.05) is 31.9 Å². The normalized spacial score (nSPS) is 18.5. The highest BCUT2D eigenvalue weighted by Gasteiger charge is 2.36. The van der Waals surface area contributed by atoms with Crippen molar-refractivity contribution in [1.82, 2.24) is 24.3 Å². The molecule has 0 saturated heterocycles. The maximum absolute atomic E-state index is 12.1. The maximum atomic E-state index is 12.1. The summed E-state index contributed by atoms with van der Waals surface area (Å²) in [6, 6.07) is 3.31. The Morgan fingerprint density at radius 2 is 2.25 bits per heavy atom. The Balaban J connectivity index is 1.79. The third-order valence-electron chi connectivity index (χ3n) is 4.09. The Kier molecular flexibility index (Phi) is 4.93. The van der Waals surface area contributed by atoms with Gasteiger partial charge >= 0.3 is 0 Å². The van der Waals surface area contributed by atoms with E-state index in [1.807, 2.05) is 23.7 Å². The summed E-state index contributed by atoms with van der Waals surface area (Å²) in [6.45, 7) is 3.73. The van der Waals surface area contributed by atoms with Crippen molar-refractivity contribution in [3.8, 4) is 0 Å². The van der Waals surface area contributed by atoms with Crippen LogP contribution in [0.3, 0.4) is 0 Å². The molecule has 1 atom stereocenters. The first-order valence-corrected chi connectivity index (χ1v) is 9.71. The summed E-state index contributed by atoms with van der Waals surface area (Å²) >= 11 is 0. The van der Waals surface area contributed by atoms with Crippen LogP contribution in [0.25, 0.3) is 0 Å². The second kappa shape index (κ2) is 6.96. The number of rotatable bonds is 6. The number of hydrogen-bond acceptors (Lipinski definition) is 6. The number of fused-ring (bicyclic) bond motifs is 1. The number of nitrogens with zero attached hydrogens (tertiary/aromatic N) is 5. The van der Waals surface area contributed by atoms with E-state index < -0.39 is 16.1 Å². The second-order valence-electron chi connectivity index (χ2n) is 5.75. The molecule has 24 heavy (non-hydrogen) atoms. The molecule has 0 bridgehead atoms. The van der Waals surface area contributed by atoms with Crippen LogP contribution in [0.5, 0.6) is 0 Å². The quantitative estimate of drug-likeness (QED) is 0.763. The van der Waals surface area contributed by atoms with Crippen LogP contribution in [-0.4, -0.2) is 52.1 Å². The topological polar surface area (TPSA) is 90.2 Å². The molecule has 0 radical (unpaired) electrons. The van der Waals surface area contributed by atoms with Crippen molar-refractivity contribution in [3.05, 3.63) is 41.5 Å². The highest BCUT2D eigenvalue weighted by Crippen LogP contribution is 2.30. The molecule has 0 saturated carbocycles. The average Bonchev–Trinajstić information content (AvgIpc) is 2.98. The molecule has 130 valence electrons. The molecule has 2 aromatic heterocycles. The monoisotopic (exact) mass is 351 g/mol. The summed E-state index contributed by atoms with van der Waals surface area (Å²) in [5, 5.41) is 8.34. The number of ether oxygens (including phenoxy) is 1. The van der Waals surface area contributed by atoms with Gasteiger partial charge in [-0.15, -0.1) is 5.10 Å². The van der Waals surface area contributed by atoms with Gasteiger partial charge in [0.15, 0.2) is 0 Å². The van der Waals surface area contributed by atoms with Crippen molar-refractivity contribution < 1.29 is 13.2 Å². The number of sulfonamides is 1. The van der Waals surface area contributed by atoms with E-state index in [2.05, 4.69) is 15.3 Å². The molecule has 1 aliphatic rings. The number of hydrogen-bond donors (Lipinski definition) is 0. The fourth-order valence-corrected chi connectivity index (χ4v) is 4.00. The maximum Gasteiger partial charge on any atom is 0.211 e. The lowest BCUT2D eigenvalue weighted by Crippen LogP contribution is -2.41. The van der Waals surface area contributed by atoms with E-state index in [1.54, 1.807) is 12.4 Å². The fourth-order valence-electron chi connectivity index (χ4n) is 2.96. The van der Waals surface area contributed by atoms with Gasteiger partial charge in [0.25, 0.3) is 0 Å². The molecule has 3 heterocycles. The predicted molar refractivity (Wildman–Crippen MR) is 87.6 cm³/mol. The molecular formula is C15H21N5O3S. The first-order valence-electron chi connectivity index (χ1n) is 7.86. The van der Waals surface area contributed by atoms with Crippen LogP contribution in [0.2, 0.25) is 0 Å². The summed E-state index contributed by atoms with van der Waals surface area (Å²) in [5.74, 6) is 0. The van der Waals surface area contributed by atoms with Gasteiger partial charge in [-0.2, -0.15) is 4.31 Å². The van der Waals surface area contributed by atoms with E-state index in [0.29, 0.717) is 31.8 Å². The van der Waals surface area contributed by atoms with Crippen LogP contribution in [0, 0.1) is 0 Å². The molecule has 0 aromatic carbocycles. The number of pyridine rings is 1. The molecule has 2 aromatic rings. The number of aromatic nitrogens is 4. The average molecular weight is 351 g/mol. The highest BCUT2D eigenvalue weighted by atomic mass is 32.2. The van der Waals surface area contributed by atoms with Crippen LogP contribution >= 0.6 is 0 Å². The summed E-state index contributed by atoms with van der Waals surface area (Å²) in [5.41, 5.74) is 2.63. The Morgan fingerprint density at radius 1 is 1.42 bits per heavy atom. The van der Waals surface area contributed by atoms with Crippen molar-refractivity contribution in [3.63, 3.8) is 0 Å². The van der Waals surface area contributed by atoms with Crippen LogP contribution in [0.4, 0.5) is 0 Å². The smallest absolute Gasteiger partial charge is 0.211 e.